The van der Waals surface area contributed by atoms with E-state index in [4.69, 9.17) is 11.6 Å². The molecule has 5 nitrogen and oxygen atoms in total. The largest absolute Gasteiger partial charge is 0.324 e. The number of amides is 3. The Labute approximate surface area is 187 Å². The van der Waals surface area contributed by atoms with Crippen LogP contribution in [0.5, 0.6) is 0 Å². The maximum atomic E-state index is 13.7. The molecule has 3 atom stereocenters. The zero-order chi connectivity index (χ0) is 22.4. The number of benzene rings is 2. The van der Waals surface area contributed by atoms with E-state index < -0.39 is 22.8 Å². The Morgan fingerprint density at radius 2 is 1.84 bits per heavy atom. The maximum absolute atomic E-state index is 13.7. The summed E-state index contributed by atoms with van der Waals surface area (Å²) in [6.45, 7) is 5.93. The van der Waals surface area contributed by atoms with Crippen molar-refractivity contribution in [3.8, 4) is 0 Å². The van der Waals surface area contributed by atoms with Crippen molar-refractivity contribution in [2.24, 2.45) is 16.7 Å². The molecule has 2 aromatic carbocycles. The molecular weight excluding hydrogens is 412 g/mol. The quantitative estimate of drug-likeness (QED) is 0.688. The lowest BCUT2D eigenvalue weighted by Crippen LogP contribution is -2.64. The Morgan fingerprint density at radius 3 is 2.52 bits per heavy atom. The summed E-state index contributed by atoms with van der Waals surface area (Å²) in [6.07, 6.45) is 1.58. The van der Waals surface area contributed by atoms with Crippen LogP contribution in [-0.4, -0.2) is 28.7 Å². The van der Waals surface area contributed by atoms with E-state index in [9.17, 15) is 14.4 Å². The molecule has 1 aliphatic carbocycles. The van der Waals surface area contributed by atoms with Crippen LogP contribution in [0.3, 0.4) is 0 Å². The van der Waals surface area contributed by atoms with Gasteiger partial charge >= 0.3 is 0 Å². The van der Waals surface area contributed by atoms with Gasteiger partial charge in [-0.2, -0.15) is 0 Å². The number of imide groups is 1. The number of piperidine rings is 1. The highest BCUT2D eigenvalue weighted by molar-refractivity contribution is 6.30. The predicted molar refractivity (Wildman–Crippen MR) is 120 cm³/mol. The van der Waals surface area contributed by atoms with Crippen LogP contribution in [0.15, 0.2) is 54.6 Å². The van der Waals surface area contributed by atoms with E-state index in [2.05, 4.69) is 5.32 Å². The molecule has 2 aromatic rings. The van der Waals surface area contributed by atoms with Crippen LogP contribution in [0.2, 0.25) is 5.02 Å². The van der Waals surface area contributed by atoms with Crippen LogP contribution in [-0.2, 0) is 20.8 Å². The number of carbonyl (C=O) groups is 3. The SMILES string of the molecule is CC12CCC(C(=O)N(C(Cc3ccccc3)C(=O)Nc3cccc(Cl)c3)C1=O)C2(C)C. The van der Waals surface area contributed by atoms with Crippen molar-refractivity contribution < 1.29 is 14.4 Å². The monoisotopic (exact) mass is 438 g/mol. The van der Waals surface area contributed by atoms with Gasteiger partial charge in [0.05, 0.1) is 5.41 Å². The Kier molecular flexibility index (Phi) is 5.42. The van der Waals surface area contributed by atoms with Crippen molar-refractivity contribution in [1.29, 1.82) is 0 Å². The number of fused-ring (bicyclic) bond motifs is 2. The summed E-state index contributed by atoms with van der Waals surface area (Å²) in [5, 5.41) is 3.35. The van der Waals surface area contributed by atoms with Gasteiger partial charge in [0.15, 0.2) is 0 Å². The molecule has 3 amide bonds. The summed E-state index contributed by atoms with van der Waals surface area (Å²) in [4.78, 5) is 41.8. The van der Waals surface area contributed by atoms with Gasteiger partial charge in [-0.3, -0.25) is 19.3 Å². The lowest BCUT2D eigenvalue weighted by molar-refractivity contribution is -0.172. The van der Waals surface area contributed by atoms with Crippen molar-refractivity contribution in [1.82, 2.24) is 4.90 Å². The smallest absolute Gasteiger partial charge is 0.248 e. The zero-order valence-corrected chi connectivity index (χ0v) is 18.8. The normalized spacial score (nSPS) is 25.4. The van der Waals surface area contributed by atoms with Crippen LogP contribution < -0.4 is 5.32 Å². The molecule has 2 aliphatic rings. The molecule has 31 heavy (non-hydrogen) atoms. The van der Waals surface area contributed by atoms with Gasteiger partial charge in [-0.05, 0) is 42.0 Å². The summed E-state index contributed by atoms with van der Waals surface area (Å²) in [5.74, 6) is -1.16. The Balaban J connectivity index is 1.71. The highest BCUT2D eigenvalue weighted by Gasteiger charge is 2.65. The summed E-state index contributed by atoms with van der Waals surface area (Å²) in [6, 6.07) is 15.4. The third-order valence-electron chi connectivity index (χ3n) is 7.43. The predicted octanol–water partition coefficient (Wildman–Crippen LogP) is 4.70. The molecule has 2 fully saturated rings. The van der Waals surface area contributed by atoms with E-state index in [1.807, 2.05) is 51.1 Å². The molecule has 4 rings (SSSR count). The summed E-state index contributed by atoms with van der Waals surface area (Å²) in [7, 11) is 0. The fourth-order valence-electron chi connectivity index (χ4n) is 5.07. The van der Waals surface area contributed by atoms with E-state index in [1.165, 1.54) is 4.90 Å². The van der Waals surface area contributed by atoms with Gasteiger partial charge in [0.1, 0.15) is 6.04 Å². The molecule has 6 heteroatoms. The van der Waals surface area contributed by atoms with Crippen molar-refractivity contribution >= 4 is 35.0 Å². The second-order valence-corrected chi connectivity index (χ2v) is 9.80. The number of likely N-dealkylation sites (tertiary alicyclic amines) is 1. The number of nitrogens with one attached hydrogen (secondary N) is 1. The van der Waals surface area contributed by atoms with Gasteiger partial charge in [-0.25, -0.2) is 0 Å². The number of hydrogen-bond acceptors (Lipinski definition) is 3. The molecule has 3 unspecified atom stereocenters. The second-order valence-electron chi connectivity index (χ2n) is 9.36. The maximum Gasteiger partial charge on any atom is 0.248 e. The fourth-order valence-corrected chi connectivity index (χ4v) is 5.26. The summed E-state index contributed by atoms with van der Waals surface area (Å²) >= 11 is 6.06. The van der Waals surface area contributed by atoms with Crippen LogP contribution >= 0.6 is 11.6 Å². The van der Waals surface area contributed by atoms with Gasteiger partial charge in [0.25, 0.3) is 0 Å². The molecule has 0 radical (unpaired) electrons. The first-order valence-electron chi connectivity index (χ1n) is 10.6. The zero-order valence-electron chi connectivity index (χ0n) is 18.0. The molecule has 0 aromatic heterocycles. The fraction of sp³-hybridized carbons (Fsp3) is 0.400. The molecule has 1 heterocycles. The minimum absolute atomic E-state index is 0.243. The average Bonchev–Trinajstić information content (AvgIpc) is 2.91. The van der Waals surface area contributed by atoms with E-state index in [1.54, 1.807) is 24.3 Å². The summed E-state index contributed by atoms with van der Waals surface area (Å²) < 4.78 is 0. The van der Waals surface area contributed by atoms with Crippen LogP contribution in [0.25, 0.3) is 0 Å². The Hall–Kier alpha value is -2.66. The van der Waals surface area contributed by atoms with E-state index in [-0.39, 0.29) is 24.2 Å². The van der Waals surface area contributed by atoms with Gasteiger partial charge < -0.3 is 5.32 Å². The lowest BCUT2D eigenvalue weighted by atomic mass is 9.62. The number of rotatable bonds is 5. The first kappa shape index (κ1) is 21.6. The number of anilines is 1. The minimum Gasteiger partial charge on any atom is -0.324 e. The average molecular weight is 439 g/mol. The highest BCUT2D eigenvalue weighted by Crippen LogP contribution is 2.60. The van der Waals surface area contributed by atoms with Gasteiger partial charge in [0.2, 0.25) is 17.7 Å². The van der Waals surface area contributed by atoms with Gasteiger partial charge in [0, 0.05) is 23.0 Å². The highest BCUT2D eigenvalue weighted by atomic mass is 35.5. The van der Waals surface area contributed by atoms with E-state index in [0.29, 0.717) is 23.6 Å². The molecule has 0 spiro atoms. The van der Waals surface area contributed by atoms with E-state index >= 15 is 0 Å². The van der Waals surface area contributed by atoms with Crippen molar-refractivity contribution in [3.05, 3.63) is 65.2 Å². The Bertz CT molecular complexity index is 1040. The number of nitrogens with zero attached hydrogens (tertiary/aromatic N) is 1. The molecule has 1 saturated carbocycles. The third kappa shape index (κ3) is 3.55. The first-order chi connectivity index (χ1) is 14.6. The number of hydrogen-bond donors (Lipinski definition) is 1. The number of halogens is 1. The van der Waals surface area contributed by atoms with Crippen molar-refractivity contribution in [2.45, 2.75) is 46.1 Å². The number of carbonyl (C=O) groups excluding carboxylic acids is 3. The molecular formula is C25H27ClN2O3. The van der Waals surface area contributed by atoms with Crippen LogP contribution in [0.4, 0.5) is 5.69 Å². The van der Waals surface area contributed by atoms with Gasteiger partial charge in [-0.1, -0.05) is 68.8 Å². The van der Waals surface area contributed by atoms with E-state index in [0.717, 1.165) is 5.56 Å². The Morgan fingerprint density at radius 1 is 1.13 bits per heavy atom. The summed E-state index contributed by atoms with van der Waals surface area (Å²) in [5.41, 5.74) is 0.313. The van der Waals surface area contributed by atoms with Crippen molar-refractivity contribution in [2.75, 3.05) is 5.32 Å². The lowest BCUT2D eigenvalue weighted by Gasteiger charge is -2.49. The molecule has 1 saturated heterocycles. The van der Waals surface area contributed by atoms with Gasteiger partial charge in [-0.15, -0.1) is 0 Å². The first-order valence-corrected chi connectivity index (χ1v) is 11.0. The molecule has 2 bridgehead atoms. The van der Waals surface area contributed by atoms with Crippen LogP contribution in [0.1, 0.15) is 39.2 Å². The molecule has 162 valence electrons. The third-order valence-corrected chi connectivity index (χ3v) is 7.67. The van der Waals surface area contributed by atoms with Crippen LogP contribution in [0, 0.1) is 16.7 Å². The standard InChI is InChI=1S/C25H27ClN2O3/c1-24(2)19-12-13-25(24,3)23(31)28(22(19)30)20(14-16-8-5-4-6-9-16)21(29)27-18-11-7-10-17(26)15-18/h4-11,15,19-20H,12-14H2,1-3H3,(H,27,29). The topological polar surface area (TPSA) is 66.5 Å². The molecule has 1 aliphatic heterocycles. The van der Waals surface area contributed by atoms with Crippen molar-refractivity contribution in [3.63, 3.8) is 0 Å². The molecule has 1 N–H and O–H groups in total. The second kappa shape index (κ2) is 7.79. The minimum atomic E-state index is -0.933.